The summed E-state index contributed by atoms with van der Waals surface area (Å²) in [6.07, 6.45) is 4.64. The van der Waals surface area contributed by atoms with E-state index in [0.29, 0.717) is 0 Å². The molecule has 0 fully saturated rings. The zero-order valence-electron chi connectivity index (χ0n) is 6.27. The molecule has 0 aliphatic carbocycles. The summed E-state index contributed by atoms with van der Waals surface area (Å²) in [5, 5.41) is 0. The van der Waals surface area contributed by atoms with Gasteiger partial charge in [0.1, 0.15) is 5.82 Å². The summed E-state index contributed by atoms with van der Waals surface area (Å²) in [6, 6.07) is 1.78. The predicted octanol–water partition coefficient (Wildman–Crippen LogP) is -0.347. The highest BCUT2D eigenvalue weighted by atomic mass is 14.9. The molecule has 1 rings (SSSR count). The van der Waals surface area contributed by atoms with Gasteiger partial charge in [-0.3, -0.25) is 0 Å². The molecule has 1 aromatic heterocycles. The number of hydrogen-bond acceptors (Lipinski definition) is 4. The quantitative estimate of drug-likeness (QED) is 0.580. The van der Waals surface area contributed by atoms with Crippen LogP contribution in [0.2, 0.25) is 0 Å². The van der Waals surface area contributed by atoms with Crippen LogP contribution >= 0.6 is 0 Å². The van der Waals surface area contributed by atoms with Crippen LogP contribution in [-0.2, 0) is 6.42 Å². The van der Waals surface area contributed by atoms with Crippen LogP contribution in [0.25, 0.3) is 0 Å². The van der Waals surface area contributed by atoms with E-state index in [0.717, 1.165) is 18.7 Å². The van der Waals surface area contributed by atoms with Gasteiger partial charge in [0.25, 0.3) is 0 Å². The van der Waals surface area contributed by atoms with Gasteiger partial charge in [-0.15, -0.1) is 0 Å². The van der Waals surface area contributed by atoms with Gasteiger partial charge in [0.05, 0.1) is 6.17 Å². The van der Waals surface area contributed by atoms with Gasteiger partial charge in [-0.1, -0.05) is 0 Å². The highest BCUT2D eigenvalue weighted by Gasteiger charge is 1.97. The van der Waals surface area contributed by atoms with Gasteiger partial charge in [-0.2, -0.15) is 0 Å². The lowest BCUT2D eigenvalue weighted by Gasteiger charge is -2.02. The lowest BCUT2D eigenvalue weighted by molar-refractivity contribution is 0.623. The van der Waals surface area contributed by atoms with Crippen molar-refractivity contribution in [2.45, 2.75) is 19.0 Å². The van der Waals surface area contributed by atoms with Crippen LogP contribution in [0.4, 0.5) is 0 Å². The first kappa shape index (κ1) is 8.10. The Morgan fingerprint density at radius 3 is 2.45 bits per heavy atom. The summed E-state index contributed by atoms with van der Waals surface area (Å²) in [6.45, 7) is 0. The minimum atomic E-state index is -0.265. The zero-order valence-corrected chi connectivity index (χ0v) is 6.27. The Labute approximate surface area is 65.6 Å². The minimum Gasteiger partial charge on any atom is -0.316 e. The van der Waals surface area contributed by atoms with Crippen molar-refractivity contribution in [3.05, 3.63) is 24.3 Å². The van der Waals surface area contributed by atoms with Crippen LogP contribution in [0.15, 0.2) is 18.5 Å². The number of nitrogens with two attached hydrogens (primary N) is 2. The van der Waals surface area contributed by atoms with Crippen molar-refractivity contribution in [1.82, 2.24) is 9.97 Å². The van der Waals surface area contributed by atoms with Gasteiger partial charge < -0.3 is 11.5 Å². The standard InChI is InChI=1S/C7H12N4/c8-6(9)2-3-7-10-4-1-5-11-7/h1,4-6H,2-3,8-9H2. The molecule has 11 heavy (non-hydrogen) atoms. The van der Waals surface area contributed by atoms with Crippen molar-refractivity contribution >= 4 is 0 Å². The van der Waals surface area contributed by atoms with Gasteiger partial charge in [-0.05, 0) is 12.5 Å². The SMILES string of the molecule is NC(N)CCc1ncccn1. The maximum Gasteiger partial charge on any atom is 0.128 e. The van der Waals surface area contributed by atoms with E-state index >= 15 is 0 Å². The molecule has 0 unspecified atom stereocenters. The van der Waals surface area contributed by atoms with Crippen molar-refractivity contribution in [2.24, 2.45) is 11.5 Å². The first-order chi connectivity index (χ1) is 5.29. The minimum absolute atomic E-state index is 0.265. The van der Waals surface area contributed by atoms with Gasteiger partial charge in [-0.25, -0.2) is 9.97 Å². The Morgan fingerprint density at radius 2 is 1.91 bits per heavy atom. The van der Waals surface area contributed by atoms with Crippen molar-refractivity contribution < 1.29 is 0 Å². The van der Waals surface area contributed by atoms with Crippen LogP contribution in [0.3, 0.4) is 0 Å². The third kappa shape index (κ3) is 3.06. The van der Waals surface area contributed by atoms with E-state index in [1.165, 1.54) is 0 Å². The molecule has 0 aliphatic heterocycles. The maximum atomic E-state index is 5.36. The van der Waals surface area contributed by atoms with Crippen molar-refractivity contribution in [2.75, 3.05) is 0 Å². The monoisotopic (exact) mass is 152 g/mol. The lowest BCUT2D eigenvalue weighted by atomic mass is 10.2. The molecular formula is C7H12N4. The zero-order chi connectivity index (χ0) is 8.10. The van der Waals surface area contributed by atoms with E-state index in [-0.39, 0.29) is 6.17 Å². The molecule has 0 radical (unpaired) electrons. The van der Waals surface area contributed by atoms with E-state index in [1.807, 2.05) is 0 Å². The van der Waals surface area contributed by atoms with Crippen molar-refractivity contribution in [3.8, 4) is 0 Å². The molecule has 0 saturated carbocycles. The van der Waals surface area contributed by atoms with E-state index in [2.05, 4.69) is 9.97 Å². The Balaban J connectivity index is 2.39. The molecule has 4 nitrogen and oxygen atoms in total. The Morgan fingerprint density at radius 1 is 1.27 bits per heavy atom. The smallest absolute Gasteiger partial charge is 0.128 e. The normalized spacial score (nSPS) is 10.5. The second-order valence-electron chi connectivity index (χ2n) is 2.37. The molecule has 0 saturated heterocycles. The highest BCUT2D eigenvalue weighted by Crippen LogP contribution is 1.93. The molecule has 0 amide bonds. The molecule has 4 N–H and O–H groups in total. The maximum absolute atomic E-state index is 5.36. The molecule has 1 heterocycles. The van der Waals surface area contributed by atoms with Gasteiger partial charge >= 0.3 is 0 Å². The topological polar surface area (TPSA) is 77.8 Å². The van der Waals surface area contributed by atoms with Crippen LogP contribution in [-0.4, -0.2) is 16.1 Å². The fraction of sp³-hybridized carbons (Fsp3) is 0.429. The number of aromatic nitrogens is 2. The Kier molecular flexibility index (Phi) is 2.95. The number of nitrogens with zero attached hydrogens (tertiary/aromatic N) is 2. The molecule has 0 bridgehead atoms. The van der Waals surface area contributed by atoms with Gasteiger partial charge in [0.15, 0.2) is 0 Å². The largest absolute Gasteiger partial charge is 0.316 e. The molecule has 0 aromatic carbocycles. The number of aryl methyl sites for hydroxylation is 1. The van der Waals surface area contributed by atoms with Crippen LogP contribution < -0.4 is 11.5 Å². The summed E-state index contributed by atoms with van der Waals surface area (Å²) in [7, 11) is 0. The Bertz CT molecular complexity index is 197. The summed E-state index contributed by atoms with van der Waals surface area (Å²) in [5.41, 5.74) is 10.7. The first-order valence-corrected chi connectivity index (χ1v) is 3.56. The lowest BCUT2D eigenvalue weighted by Crippen LogP contribution is -2.30. The van der Waals surface area contributed by atoms with Crippen molar-refractivity contribution in [3.63, 3.8) is 0 Å². The van der Waals surface area contributed by atoms with E-state index in [9.17, 15) is 0 Å². The molecule has 0 aliphatic rings. The first-order valence-electron chi connectivity index (χ1n) is 3.56. The molecule has 4 heteroatoms. The summed E-state index contributed by atoms with van der Waals surface area (Å²) < 4.78 is 0. The van der Waals surface area contributed by atoms with Gasteiger partial charge in [0, 0.05) is 18.8 Å². The molecule has 0 spiro atoms. The number of rotatable bonds is 3. The fourth-order valence-electron chi connectivity index (χ4n) is 0.755. The number of hydrogen-bond donors (Lipinski definition) is 2. The Hall–Kier alpha value is -1.00. The predicted molar refractivity (Wildman–Crippen MR) is 42.5 cm³/mol. The molecule has 1 aromatic rings. The van der Waals surface area contributed by atoms with Crippen LogP contribution in [0.5, 0.6) is 0 Å². The van der Waals surface area contributed by atoms with Crippen LogP contribution in [0, 0.1) is 0 Å². The third-order valence-corrected chi connectivity index (χ3v) is 1.32. The molecule has 60 valence electrons. The van der Waals surface area contributed by atoms with Gasteiger partial charge in [0.2, 0.25) is 0 Å². The van der Waals surface area contributed by atoms with E-state index in [4.69, 9.17) is 11.5 Å². The summed E-state index contributed by atoms with van der Waals surface area (Å²) in [5.74, 6) is 0.799. The summed E-state index contributed by atoms with van der Waals surface area (Å²) in [4.78, 5) is 8.06. The fourth-order valence-corrected chi connectivity index (χ4v) is 0.755. The average Bonchev–Trinajstić information content (AvgIpc) is 2.03. The van der Waals surface area contributed by atoms with E-state index < -0.39 is 0 Å². The third-order valence-electron chi connectivity index (χ3n) is 1.32. The van der Waals surface area contributed by atoms with E-state index in [1.54, 1.807) is 18.5 Å². The summed E-state index contributed by atoms with van der Waals surface area (Å²) >= 11 is 0. The van der Waals surface area contributed by atoms with Crippen molar-refractivity contribution in [1.29, 1.82) is 0 Å². The molecule has 0 atom stereocenters. The average molecular weight is 152 g/mol. The molecular weight excluding hydrogens is 140 g/mol. The second-order valence-corrected chi connectivity index (χ2v) is 2.37. The van der Waals surface area contributed by atoms with Crippen LogP contribution in [0.1, 0.15) is 12.2 Å². The highest BCUT2D eigenvalue weighted by molar-refractivity contribution is 4.88. The second kappa shape index (κ2) is 4.00.